The van der Waals surface area contributed by atoms with E-state index in [1.54, 1.807) is 12.1 Å². The largest absolute Gasteiger partial charge is 0.492 e. The van der Waals surface area contributed by atoms with Gasteiger partial charge in [0.15, 0.2) is 0 Å². The minimum atomic E-state index is -3.80. The number of nitrogen functional groups attached to an aromatic ring is 1. The van der Waals surface area contributed by atoms with Crippen molar-refractivity contribution in [1.82, 2.24) is 0 Å². The fraction of sp³-hybridized carbons (Fsp3) is 0.500. The van der Waals surface area contributed by atoms with E-state index in [4.69, 9.17) is 15.6 Å². The van der Waals surface area contributed by atoms with E-state index in [0.717, 1.165) is 12.3 Å². The Kier molecular flexibility index (Phi) is 3.77. The van der Waals surface area contributed by atoms with E-state index >= 15 is 0 Å². The highest BCUT2D eigenvalue weighted by Crippen LogP contribution is 2.30. The maximum atomic E-state index is 11.4. The van der Waals surface area contributed by atoms with Crippen molar-refractivity contribution in [2.75, 3.05) is 12.3 Å². The molecular weight excluding hydrogens is 252 g/mol. The van der Waals surface area contributed by atoms with Crippen LogP contribution in [0.5, 0.6) is 5.75 Å². The van der Waals surface area contributed by atoms with Crippen LogP contribution in [0.2, 0.25) is 0 Å². The number of nitrogens with two attached hydrogens (primary N) is 2. The Morgan fingerprint density at radius 3 is 2.61 bits per heavy atom. The van der Waals surface area contributed by atoms with Crippen molar-refractivity contribution in [2.24, 2.45) is 11.1 Å². The molecular formula is C12H18N2O3S. The lowest BCUT2D eigenvalue weighted by Gasteiger charge is -2.25. The van der Waals surface area contributed by atoms with Gasteiger partial charge < -0.3 is 10.5 Å². The van der Waals surface area contributed by atoms with E-state index in [9.17, 15) is 8.42 Å². The Balaban J connectivity index is 2.06. The molecule has 5 nitrogen and oxygen atoms in total. The van der Waals surface area contributed by atoms with Crippen LogP contribution in [0.15, 0.2) is 23.1 Å². The van der Waals surface area contributed by atoms with E-state index in [-0.39, 0.29) is 10.6 Å². The van der Waals surface area contributed by atoms with Crippen molar-refractivity contribution >= 4 is 15.7 Å². The van der Waals surface area contributed by atoms with Crippen molar-refractivity contribution < 1.29 is 13.2 Å². The van der Waals surface area contributed by atoms with Crippen LogP contribution >= 0.6 is 0 Å². The molecule has 100 valence electrons. The fourth-order valence-electron chi connectivity index (χ4n) is 1.98. The van der Waals surface area contributed by atoms with Crippen molar-refractivity contribution in [1.29, 1.82) is 0 Å². The Hall–Kier alpha value is -1.27. The summed E-state index contributed by atoms with van der Waals surface area (Å²) in [6, 6.07) is 4.48. The van der Waals surface area contributed by atoms with Gasteiger partial charge in [-0.3, -0.25) is 0 Å². The van der Waals surface area contributed by atoms with E-state index < -0.39 is 10.0 Å². The number of hydrogen-bond donors (Lipinski definition) is 2. The Labute approximate surface area is 107 Å². The van der Waals surface area contributed by atoms with Crippen LogP contribution in [0.4, 0.5) is 5.69 Å². The molecule has 0 unspecified atom stereocenters. The maximum absolute atomic E-state index is 11.4. The summed E-state index contributed by atoms with van der Waals surface area (Å²) in [6.07, 6.45) is 4.73. The maximum Gasteiger partial charge on any atom is 0.241 e. The lowest BCUT2D eigenvalue weighted by Crippen LogP contribution is -2.17. The lowest BCUT2D eigenvalue weighted by atomic mass is 9.83. The first-order valence-electron chi connectivity index (χ1n) is 6.02. The molecule has 1 aromatic carbocycles. The molecule has 2 rings (SSSR count). The van der Waals surface area contributed by atoms with Crippen LogP contribution in [-0.2, 0) is 10.0 Å². The number of primary sulfonamides is 1. The molecule has 0 atom stereocenters. The van der Waals surface area contributed by atoms with E-state index in [1.807, 2.05) is 0 Å². The zero-order chi connectivity index (χ0) is 13.2. The van der Waals surface area contributed by atoms with Crippen LogP contribution in [0, 0.1) is 5.92 Å². The minimum absolute atomic E-state index is 0.0453. The predicted octanol–water partition coefficient (Wildman–Crippen LogP) is 1.49. The molecule has 1 aromatic rings. The predicted molar refractivity (Wildman–Crippen MR) is 69.7 cm³/mol. The molecule has 1 saturated carbocycles. The Morgan fingerprint density at radius 2 is 2.06 bits per heavy atom. The summed E-state index contributed by atoms with van der Waals surface area (Å²) in [5.74, 6) is 1.00. The average Bonchev–Trinajstić information content (AvgIpc) is 2.22. The number of rotatable bonds is 5. The molecule has 0 heterocycles. The quantitative estimate of drug-likeness (QED) is 0.792. The van der Waals surface area contributed by atoms with Crippen molar-refractivity contribution in [3.05, 3.63) is 18.2 Å². The molecule has 0 aliphatic heterocycles. The van der Waals surface area contributed by atoms with Crippen LogP contribution in [0.1, 0.15) is 25.7 Å². The molecule has 1 aliphatic rings. The lowest BCUT2D eigenvalue weighted by molar-refractivity contribution is 0.219. The van der Waals surface area contributed by atoms with Gasteiger partial charge in [0, 0.05) is 5.69 Å². The van der Waals surface area contributed by atoms with Gasteiger partial charge in [-0.1, -0.05) is 19.3 Å². The van der Waals surface area contributed by atoms with Gasteiger partial charge in [-0.15, -0.1) is 0 Å². The number of benzene rings is 1. The SMILES string of the molecule is Nc1ccc(OCCC2CCC2)c(S(N)(=O)=O)c1. The molecule has 0 amide bonds. The molecule has 0 aromatic heterocycles. The molecule has 1 fully saturated rings. The average molecular weight is 270 g/mol. The van der Waals surface area contributed by atoms with Crippen molar-refractivity contribution in [2.45, 2.75) is 30.6 Å². The standard InChI is InChI=1S/C12H18N2O3S/c13-10-4-5-11(12(8-10)18(14,15)16)17-7-6-9-2-1-3-9/h4-5,8-9H,1-3,6-7,13H2,(H2,14,15,16). The summed E-state index contributed by atoms with van der Waals surface area (Å²) in [7, 11) is -3.80. The van der Waals surface area contributed by atoms with Gasteiger partial charge in [0.05, 0.1) is 6.61 Å². The highest BCUT2D eigenvalue weighted by molar-refractivity contribution is 7.89. The fourth-order valence-corrected chi connectivity index (χ4v) is 2.69. The second-order valence-corrected chi connectivity index (χ2v) is 6.22. The first-order valence-corrected chi connectivity index (χ1v) is 7.56. The normalized spacial score (nSPS) is 16.3. The molecule has 0 bridgehead atoms. The summed E-state index contributed by atoms with van der Waals surface area (Å²) in [4.78, 5) is -0.0453. The first-order chi connectivity index (χ1) is 8.47. The number of anilines is 1. The highest BCUT2D eigenvalue weighted by atomic mass is 32.2. The molecule has 0 saturated heterocycles. The van der Waals surface area contributed by atoms with E-state index in [1.165, 1.54) is 25.3 Å². The third-order valence-corrected chi connectivity index (χ3v) is 4.21. The van der Waals surface area contributed by atoms with Gasteiger partial charge in [0.25, 0.3) is 0 Å². The van der Waals surface area contributed by atoms with Crippen LogP contribution < -0.4 is 15.6 Å². The molecule has 18 heavy (non-hydrogen) atoms. The number of ether oxygens (including phenoxy) is 1. The summed E-state index contributed by atoms with van der Waals surface area (Å²) >= 11 is 0. The summed E-state index contributed by atoms with van der Waals surface area (Å²) in [5.41, 5.74) is 5.91. The molecule has 4 N–H and O–H groups in total. The zero-order valence-electron chi connectivity index (χ0n) is 10.1. The number of hydrogen-bond acceptors (Lipinski definition) is 4. The zero-order valence-corrected chi connectivity index (χ0v) is 10.9. The Morgan fingerprint density at radius 1 is 1.33 bits per heavy atom. The van der Waals surface area contributed by atoms with Crippen molar-refractivity contribution in [3.8, 4) is 5.75 Å². The molecule has 1 aliphatic carbocycles. The summed E-state index contributed by atoms with van der Waals surface area (Å²) < 4.78 is 28.3. The van der Waals surface area contributed by atoms with Gasteiger partial charge in [0.1, 0.15) is 10.6 Å². The monoisotopic (exact) mass is 270 g/mol. The van der Waals surface area contributed by atoms with Crippen LogP contribution in [0.3, 0.4) is 0 Å². The van der Waals surface area contributed by atoms with Crippen molar-refractivity contribution in [3.63, 3.8) is 0 Å². The second kappa shape index (κ2) is 5.16. The summed E-state index contributed by atoms with van der Waals surface area (Å²) in [6.45, 7) is 0.511. The van der Waals surface area contributed by atoms with Gasteiger partial charge in [-0.2, -0.15) is 0 Å². The molecule has 6 heteroatoms. The highest BCUT2D eigenvalue weighted by Gasteiger charge is 2.19. The minimum Gasteiger partial charge on any atom is -0.492 e. The van der Waals surface area contributed by atoms with Gasteiger partial charge >= 0.3 is 0 Å². The van der Waals surface area contributed by atoms with Gasteiger partial charge in [0.2, 0.25) is 10.0 Å². The molecule has 0 spiro atoms. The van der Waals surface area contributed by atoms with E-state index in [0.29, 0.717) is 12.3 Å². The van der Waals surface area contributed by atoms with Gasteiger partial charge in [-0.25, -0.2) is 13.6 Å². The number of sulfonamides is 1. The first kappa shape index (κ1) is 13.2. The van der Waals surface area contributed by atoms with Gasteiger partial charge in [-0.05, 0) is 30.5 Å². The van der Waals surface area contributed by atoms with E-state index in [2.05, 4.69) is 0 Å². The van der Waals surface area contributed by atoms with Crippen LogP contribution in [-0.4, -0.2) is 15.0 Å². The summed E-state index contributed by atoms with van der Waals surface area (Å²) in [5, 5.41) is 5.13. The Bertz CT molecular complexity index is 524. The topological polar surface area (TPSA) is 95.4 Å². The third kappa shape index (κ3) is 3.14. The second-order valence-electron chi connectivity index (χ2n) is 4.69. The third-order valence-electron chi connectivity index (χ3n) is 3.28. The van der Waals surface area contributed by atoms with Crippen LogP contribution in [0.25, 0.3) is 0 Å². The smallest absolute Gasteiger partial charge is 0.241 e. The molecule has 0 radical (unpaired) electrons.